The Morgan fingerprint density at radius 3 is 2.95 bits per heavy atom. The molecule has 106 valence electrons. The Morgan fingerprint density at radius 1 is 1.40 bits per heavy atom. The third-order valence-electron chi connectivity index (χ3n) is 4.18. The smallest absolute Gasteiger partial charge is 0.155 e. The van der Waals surface area contributed by atoms with Crippen LogP contribution in [0.15, 0.2) is 24.4 Å². The van der Waals surface area contributed by atoms with Crippen molar-refractivity contribution in [2.45, 2.75) is 39.3 Å². The van der Waals surface area contributed by atoms with Gasteiger partial charge in [-0.15, -0.1) is 0 Å². The maximum Gasteiger partial charge on any atom is 0.155 e. The van der Waals surface area contributed by atoms with Crippen LogP contribution in [0.4, 0.5) is 5.82 Å². The molecule has 0 saturated carbocycles. The maximum absolute atomic E-state index is 6.29. The molecule has 0 spiro atoms. The van der Waals surface area contributed by atoms with Crippen LogP contribution in [0, 0.1) is 0 Å². The molecule has 3 heterocycles. The Kier molecular flexibility index (Phi) is 3.44. The minimum absolute atomic E-state index is 0.584. The van der Waals surface area contributed by atoms with Gasteiger partial charge in [0.15, 0.2) is 5.82 Å². The molecule has 0 amide bonds. The van der Waals surface area contributed by atoms with Gasteiger partial charge in [-0.2, -0.15) is 9.78 Å². The van der Waals surface area contributed by atoms with Crippen molar-refractivity contribution in [1.82, 2.24) is 19.7 Å². The zero-order chi connectivity index (χ0) is 14.1. The molecular formula is C15H21N5. The van der Waals surface area contributed by atoms with Crippen LogP contribution in [0.5, 0.6) is 0 Å². The summed E-state index contributed by atoms with van der Waals surface area (Å²) in [5, 5.41) is 4.64. The highest BCUT2D eigenvalue weighted by molar-refractivity contribution is 5.49. The van der Waals surface area contributed by atoms with Crippen molar-refractivity contribution < 1.29 is 0 Å². The summed E-state index contributed by atoms with van der Waals surface area (Å²) in [5.41, 5.74) is 8.58. The molecule has 0 fully saturated rings. The van der Waals surface area contributed by atoms with Crippen LogP contribution in [0.3, 0.4) is 0 Å². The van der Waals surface area contributed by atoms with Gasteiger partial charge in [0.05, 0.1) is 5.69 Å². The molecule has 1 aliphatic heterocycles. The number of nitrogens with two attached hydrogens (primary N) is 1. The SMILES string of the molecule is CCC(C)N1CCc2nn(-c3ccccn3)c(N)c2C1. The topological polar surface area (TPSA) is 60.0 Å². The van der Waals surface area contributed by atoms with Gasteiger partial charge in [-0.25, -0.2) is 4.98 Å². The largest absolute Gasteiger partial charge is 0.383 e. The van der Waals surface area contributed by atoms with Crippen LogP contribution in [-0.2, 0) is 13.0 Å². The van der Waals surface area contributed by atoms with Gasteiger partial charge in [-0.05, 0) is 25.5 Å². The van der Waals surface area contributed by atoms with Crippen molar-refractivity contribution >= 4 is 5.82 Å². The van der Waals surface area contributed by atoms with E-state index in [1.165, 1.54) is 5.56 Å². The molecule has 1 atom stereocenters. The van der Waals surface area contributed by atoms with Crippen molar-refractivity contribution in [2.75, 3.05) is 12.3 Å². The van der Waals surface area contributed by atoms with E-state index in [2.05, 4.69) is 28.8 Å². The van der Waals surface area contributed by atoms with Crippen LogP contribution in [0.2, 0.25) is 0 Å². The third-order valence-corrected chi connectivity index (χ3v) is 4.18. The molecule has 0 aromatic carbocycles. The van der Waals surface area contributed by atoms with Gasteiger partial charge in [0.25, 0.3) is 0 Å². The molecule has 0 radical (unpaired) electrons. The summed E-state index contributed by atoms with van der Waals surface area (Å²) in [4.78, 5) is 6.81. The lowest BCUT2D eigenvalue weighted by Crippen LogP contribution is -2.37. The van der Waals surface area contributed by atoms with E-state index in [1.807, 2.05) is 18.2 Å². The average molecular weight is 271 g/mol. The lowest BCUT2D eigenvalue weighted by atomic mass is 10.0. The first-order valence-electron chi connectivity index (χ1n) is 7.22. The lowest BCUT2D eigenvalue weighted by Gasteiger charge is -2.31. The van der Waals surface area contributed by atoms with E-state index >= 15 is 0 Å². The summed E-state index contributed by atoms with van der Waals surface area (Å²) >= 11 is 0. The molecule has 0 bridgehead atoms. The second-order valence-electron chi connectivity index (χ2n) is 5.39. The van der Waals surface area contributed by atoms with Crippen molar-refractivity contribution in [2.24, 2.45) is 0 Å². The first-order chi connectivity index (χ1) is 9.70. The van der Waals surface area contributed by atoms with Crippen molar-refractivity contribution in [3.8, 4) is 5.82 Å². The summed E-state index contributed by atoms with van der Waals surface area (Å²) in [6.45, 7) is 6.44. The van der Waals surface area contributed by atoms with Gasteiger partial charge < -0.3 is 5.73 Å². The summed E-state index contributed by atoms with van der Waals surface area (Å²) in [5.74, 6) is 1.51. The van der Waals surface area contributed by atoms with Crippen LogP contribution in [-0.4, -0.2) is 32.3 Å². The Labute approximate surface area is 119 Å². The first kappa shape index (κ1) is 13.1. The number of rotatable bonds is 3. The molecule has 5 nitrogen and oxygen atoms in total. The minimum atomic E-state index is 0.584. The maximum atomic E-state index is 6.29. The summed E-state index contributed by atoms with van der Waals surface area (Å²) in [7, 11) is 0. The summed E-state index contributed by atoms with van der Waals surface area (Å²) < 4.78 is 1.77. The fourth-order valence-electron chi connectivity index (χ4n) is 2.70. The lowest BCUT2D eigenvalue weighted by molar-refractivity contribution is 0.186. The first-order valence-corrected chi connectivity index (χ1v) is 7.22. The van der Waals surface area contributed by atoms with Crippen molar-refractivity contribution in [3.05, 3.63) is 35.7 Å². The van der Waals surface area contributed by atoms with Gasteiger partial charge >= 0.3 is 0 Å². The molecule has 0 aliphatic carbocycles. The van der Waals surface area contributed by atoms with Gasteiger partial charge in [0.1, 0.15) is 5.82 Å². The predicted octanol–water partition coefficient (Wildman–Crippen LogP) is 2.01. The van der Waals surface area contributed by atoms with Crippen molar-refractivity contribution in [1.29, 1.82) is 0 Å². The van der Waals surface area contributed by atoms with E-state index in [9.17, 15) is 0 Å². The number of anilines is 1. The molecule has 2 N–H and O–H groups in total. The standard InChI is InChI=1S/C15H21N5/c1-3-11(2)19-9-7-13-12(10-19)15(16)20(18-13)14-6-4-5-8-17-14/h4-6,8,11H,3,7,9-10,16H2,1-2H3. The van der Waals surface area contributed by atoms with E-state index in [0.29, 0.717) is 6.04 Å². The van der Waals surface area contributed by atoms with E-state index in [1.54, 1.807) is 10.9 Å². The molecule has 2 aromatic heterocycles. The number of aromatic nitrogens is 3. The van der Waals surface area contributed by atoms with E-state index < -0.39 is 0 Å². The van der Waals surface area contributed by atoms with E-state index in [0.717, 1.165) is 43.3 Å². The Bertz CT molecular complexity index is 590. The van der Waals surface area contributed by atoms with Crippen LogP contribution in [0.25, 0.3) is 5.82 Å². The molecule has 3 rings (SSSR count). The number of pyridine rings is 1. The highest BCUT2D eigenvalue weighted by Gasteiger charge is 2.26. The number of hydrogen-bond donors (Lipinski definition) is 1. The van der Waals surface area contributed by atoms with Gasteiger partial charge in [0.2, 0.25) is 0 Å². The second-order valence-corrected chi connectivity index (χ2v) is 5.39. The van der Waals surface area contributed by atoms with Crippen molar-refractivity contribution in [3.63, 3.8) is 0 Å². The fourth-order valence-corrected chi connectivity index (χ4v) is 2.70. The minimum Gasteiger partial charge on any atom is -0.383 e. The number of nitrogen functional groups attached to an aromatic ring is 1. The van der Waals surface area contributed by atoms with E-state index in [-0.39, 0.29) is 0 Å². The highest BCUT2D eigenvalue weighted by atomic mass is 15.4. The monoisotopic (exact) mass is 271 g/mol. The zero-order valence-electron chi connectivity index (χ0n) is 12.1. The molecule has 1 aliphatic rings. The molecule has 5 heteroatoms. The van der Waals surface area contributed by atoms with Crippen LogP contribution >= 0.6 is 0 Å². The third kappa shape index (κ3) is 2.18. The average Bonchev–Trinajstić information content (AvgIpc) is 2.84. The van der Waals surface area contributed by atoms with Crippen LogP contribution in [0.1, 0.15) is 31.5 Å². The Hall–Kier alpha value is -1.88. The van der Waals surface area contributed by atoms with E-state index in [4.69, 9.17) is 5.73 Å². The number of fused-ring (bicyclic) bond motifs is 1. The summed E-state index contributed by atoms with van der Waals surface area (Å²) in [6, 6.07) is 6.36. The van der Waals surface area contributed by atoms with Gasteiger partial charge in [0, 0.05) is 37.3 Å². The molecular weight excluding hydrogens is 250 g/mol. The Morgan fingerprint density at radius 2 is 2.25 bits per heavy atom. The van der Waals surface area contributed by atoms with Gasteiger partial charge in [-0.1, -0.05) is 13.0 Å². The number of nitrogens with zero attached hydrogens (tertiary/aromatic N) is 4. The quantitative estimate of drug-likeness (QED) is 0.927. The fraction of sp³-hybridized carbons (Fsp3) is 0.467. The highest BCUT2D eigenvalue weighted by Crippen LogP contribution is 2.27. The molecule has 2 aromatic rings. The number of hydrogen-bond acceptors (Lipinski definition) is 4. The second kappa shape index (κ2) is 5.25. The van der Waals surface area contributed by atoms with Crippen LogP contribution < -0.4 is 5.73 Å². The van der Waals surface area contributed by atoms with Gasteiger partial charge in [-0.3, -0.25) is 4.90 Å². The molecule has 20 heavy (non-hydrogen) atoms. The normalized spacial score (nSPS) is 16.9. The predicted molar refractivity (Wildman–Crippen MR) is 79.6 cm³/mol. The zero-order valence-corrected chi connectivity index (χ0v) is 12.1. The molecule has 0 saturated heterocycles. The summed E-state index contributed by atoms with van der Waals surface area (Å²) in [6.07, 6.45) is 3.88. The molecule has 1 unspecified atom stereocenters. The Balaban J connectivity index is 1.94.